The van der Waals surface area contributed by atoms with Crippen molar-refractivity contribution < 1.29 is 4.79 Å². The topological polar surface area (TPSA) is 53.4 Å². The fraction of sp³-hybridized carbons (Fsp3) is 0.273. The zero-order valence-electron chi connectivity index (χ0n) is 16.1. The van der Waals surface area contributed by atoms with Crippen LogP contribution < -0.4 is 10.2 Å². The van der Waals surface area contributed by atoms with Gasteiger partial charge in [-0.05, 0) is 42.7 Å². The summed E-state index contributed by atoms with van der Waals surface area (Å²) in [5.74, 6) is 0. The fourth-order valence-corrected chi connectivity index (χ4v) is 3.64. The third-order valence-corrected chi connectivity index (χ3v) is 5.09. The van der Waals surface area contributed by atoms with Gasteiger partial charge in [-0.3, -0.25) is 0 Å². The molecule has 6 nitrogen and oxygen atoms in total. The Labute approximate surface area is 165 Å². The van der Waals surface area contributed by atoms with Gasteiger partial charge in [-0.1, -0.05) is 30.3 Å². The molecule has 1 aliphatic heterocycles. The number of carbonyl (C=O) groups excluding carboxylic acids is 1. The van der Waals surface area contributed by atoms with E-state index in [9.17, 15) is 4.79 Å². The third-order valence-electron chi connectivity index (χ3n) is 5.09. The molecule has 2 heterocycles. The predicted molar refractivity (Wildman–Crippen MR) is 112 cm³/mol. The van der Waals surface area contributed by atoms with Gasteiger partial charge in [0, 0.05) is 44.8 Å². The van der Waals surface area contributed by atoms with Crippen LogP contribution in [0, 0.1) is 0 Å². The normalized spacial score (nSPS) is 13.5. The maximum absolute atomic E-state index is 12.8. The van der Waals surface area contributed by atoms with Crippen molar-refractivity contribution in [2.45, 2.75) is 19.4 Å². The van der Waals surface area contributed by atoms with E-state index >= 15 is 0 Å². The van der Waals surface area contributed by atoms with E-state index in [2.05, 4.69) is 33.5 Å². The van der Waals surface area contributed by atoms with Crippen LogP contribution in [-0.2, 0) is 6.54 Å². The highest BCUT2D eigenvalue weighted by atomic mass is 16.2. The summed E-state index contributed by atoms with van der Waals surface area (Å²) in [6.07, 6.45) is 6.05. The number of nitrogens with one attached hydrogen (secondary N) is 1. The van der Waals surface area contributed by atoms with Crippen molar-refractivity contribution >= 4 is 17.4 Å². The van der Waals surface area contributed by atoms with Crippen LogP contribution in [0.5, 0.6) is 0 Å². The number of anilines is 2. The molecule has 0 atom stereocenters. The van der Waals surface area contributed by atoms with Gasteiger partial charge in [0.25, 0.3) is 0 Å². The number of rotatable bonds is 5. The van der Waals surface area contributed by atoms with Crippen LogP contribution in [0.3, 0.4) is 0 Å². The van der Waals surface area contributed by atoms with Gasteiger partial charge in [-0.2, -0.15) is 5.10 Å². The second-order valence-electron chi connectivity index (χ2n) is 7.08. The Morgan fingerprint density at radius 3 is 2.50 bits per heavy atom. The van der Waals surface area contributed by atoms with Gasteiger partial charge in [0.2, 0.25) is 0 Å². The zero-order valence-corrected chi connectivity index (χ0v) is 16.1. The van der Waals surface area contributed by atoms with E-state index in [1.54, 1.807) is 15.8 Å². The van der Waals surface area contributed by atoms with Crippen LogP contribution in [-0.4, -0.2) is 40.8 Å². The van der Waals surface area contributed by atoms with Crippen molar-refractivity contribution in [1.82, 2.24) is 14.7 Å². The molecule has 1 aromatic heterocycles. The maximum atomic E-state index is 12.8. The van der Waals surface area contributed by atoms with E-state index in [0.29, 0.717) is 6.54 Å². The molecule has 0 bridgehead atoms. The number of nitrogens with zero attached hydrogens (tertiary/aromatic N) is 4. The predicted octanol–water partition coefficient (Wildman–Crippen LogP) is 4.14. The first kappa shape index (κ1) is 18.1. The number of carbonyl (C=O) groups is 1. The van der Waals surface area contributed by atoms with E-state index in [0.717, 1.165) is 24.5 Å². The number of benzene rings is 2. The van der Waals surface area contributed by atoms with Gasteiger partial charge >= 0.3 is 6.03 Å². The summed E-state index contributed by atoms with van der Waals surface area (Å²) >= 11 is 0. The van der Waals surface area contributed by atoms with Gasteiger partial charge in [0.15, 0.2) is 0 Å². The first-order chi connectivity index (χ1) is 13.7. The minimum atomic E-state index is -0.143. The Bertz CT molecular complexity index is 932. The molecule has 0 spiro atoms. The summed E-state index contributed by atoms with van der Waals surface area (Å²) < 4.78 is 1.75. The molecule has 0 aliphatic carbocycles. The Hall–Kier alpha value is -3.28. The molecule has 1 N–H and O–H groups in total. The van der Waals surface area contributed by atoms with Gasteiger partial charge in [-0.25, -0.2) is 9.48 Å². The van der Waals surface area contributed by atoms with Crippen LogP contribution in [0.2, 0.25) is 0 Å². The Kier molecular flexibility index (Phi) is 5.28. The lowest BCUT2D eigenvalue weighted by Crippen LogP contribution is -2.32. The van der Waals surface area contributed by atoms with Gasteiger partial charge < -0.3 is 15.1 Å². The van der Waals surface area contributed by atoms with Crippen LogP contribution in [0.25, 0.3) is 5.69 Å². The Morgan fingerprint density at radius 2 is 1.75 bits per heavy atom. The fourth-order valence-electron chi connectivity index (χ4n) is 3.64. The summed E-state index contributed by atoms with van der Waals surface area (Å²) in [5, 5.41) is 7.29. The molecule has 0 saturated carbocycles. The van der Waals surface area contributed by atoms with Gasteiger partial charge in [0.05, 0.1) is 11.4 Å². The molecule has 28 heavy (non-hydrogen) atoms. The average molecular weight is 375 g/mol. The zero-order chi connectivity index (χ0) is 19.3. The molecule has 4 rings (SSSR count). The van der Waals surface area contributed by atoms with Crippen molar-refractivity contribution in [3.63, 3.8) is 0 Å². The first-order valence-electron chi connectivity index (χ1n) is 9.66. The standard InChI is InChI=1S/C22H25N5O/c1-25(17-18-9-2-4-11-20(18)26-14-6-7-15-26)22(28)24-19-10-3-5-12-21(19)27-16-8-13-23-27/h2-5,8-13,16H,6-7,14-15,17H2,1H3,(H,24,28). The summed E-state index contributed by atoms with van der Waals surface area (Å²) in [5.41, 5.74) is 3.97. The van der Waals surface area contributed by atoms with E-state index in [1.807, 2.05) is 49.6 Å². The van der Waals surface area contributed by atoms with Crippen LogP contribution in [0.1, 0.15) is 18.4 Å². The third kappa shape index (κ3) is 3.86. The molecule has 3 aromatic rings. The SMILES string of the molecule is CN(Cc1ccccc1N1CCCC1)C(=O)Nc1ccccc1-n1cccn1. The monoisotopic (exact) mass is 375 g/mol. The largest absolute Gasteiger partial charge is 0.371 e. The molecule has 0 radical (unpaired) electrons. The molecular weight excluding hydrogens is 350 g/mol. The quantitative estimate of drug-likeness (QED) is 0.729. The minimum absolute atomic E-state index is 0.143. The highest BCUT2D eigenvalue weighted by Crippen LogP contribution is 2.26. The highest BCUT2D eigenvalue weighted by molar-refractivity contribution is 5.91. The van der Waals surface area contributed by atoms with E-state index in [1.165, 1.54) is 24.1 Å². The second-order valence-corrected chi connectivity index (χ2v) is 7.08. The Balaban J connectivity index is 1.49. The molecule has 1 fully saturated rings. The molecule has 1 aliphatic rings. The smallest absolute Gasteiger partial charge is 0.321 e. The lowest BCUT2D eigenvalue weighted by Gasteiger charge is -2.25. The van der Waals surface area contributed by atoms with Crippen molar-refractivity contribution in [2.24, 2.45) is 0 Å². The van der Waals surface area contributed by atoms with Crippen molar-refractivity contribution in [2.75, 3.05) is 30.4 Å². The van der Waals surface area contributed by atoms with Crippen molar-refractivity contribution in [3.8, 4) is 5.69 Å². The lowest BCUT2D eigenvalue weighted by atomic mass is 10.1. The minimum Gasteiger partial charge on any atom is -0.371 e. The second kappa shape index (κ2) is 8.17. The number of hydrogen-bond acceptors (Lipinski definition) is 3. The van der Waals surface area contributed by atoms with Gasteiger partial charge in [-0.15, -0.1) is 0 Å². The molecular formula is C22H25N5O. The number of para-hydroxylation sites is 3. The molecule has 0 unspecified atom stereocenters. The number of urea groups is 1. The molecule has 2 aromatic carbocycles. The number of hydrogen-bond donors (Lipinski definition) is 1. The molecule has 1 saturated heterocycles. The van der Waals surface area contributed by atoms with Crippen molar-refractivity contribution in [1.29, 1.82) is 0 Å². The summed E-state index contributed by atoms with van der Waals surface area (Å²) in [7, 11) is 1.83. The number of amides is 2. The maximum Gasteiger partial charge on any atom is 0.321 e. The Morgan fingerprint density at radius 1 is 1.04 bits per heavy atom. The van der Waals surface area contributed by atoms with E-state index in [4.69, 9.17) is 0 Å². The van der Waals surface area contributed by atoms with Crippen molar-refractivity contribution in [3.05, 3.63) is 72.6 Å². The average Bonchev–Trinajstić information content (AvgIpc) is 3.43. The molecule has 2 amide bonds. The van der Waals surface area contributed by atoms with Crippen LogP contribution in [0.15, 0.2) is 67.0 Å². The van der Waals surface area contributed by atoms with Gasteiger partial charge in [0.1, 0.15) is 0 Å². The summed E-state index contributed by atoms with van der Waals surface area (Å²) in [6.45, 7) is 2.73. The first-order valence-corrected chi connectivity index (χ1v) is 9.66. The van der Waals surface area contributed by atoms with E-state index in [-0.39, 0.29) is 6.03 Å². The molecule has 144 valence electrons. The highest BCUT2D eigenvalue weighted by Gasteiger charge is 2.18. The summed E-state index contributed by atoms with van der Waals surface area (Å²) in [4.78, 5) is 17.0. The van der Waals surface area contributed by atoms with Crippen LogP contribution in [0.4, 0.5) is 16.2 Å². The molecule has 6 heteroatoms. The lowest BCUT2D eigenvalue weighted by molar-refractivity contribution is 0.220. The summed E-state index contributed by atoms with van der Waals surface area (Å²) in [6, 6.07) is 17.7. The number of aromatic nitrogens is 2. The van der Waals surface area contributed by atoms with E-state index < -0.39 is 0 Å². The van der Waals surface area contributed by atoms with Crippen LogP contribution >= 0.6 is 0 Å².